The number of terminal acetylenes is 1. The summed E-state index contributed by atoms with van der Waals surface area (Å²) in [6, 6.07) is 14.4. The van der Waals surface area contributed by atoms with E-state index in [1.54, 1.807) is 56.7 Å². The van der Waals surface area contributed by atoms with Crippen LogP contribution in [0.4, 0.5) is 5.69 Å². The molecular formula is C23H21N3O4S. The van der Waals surface area contributed by atoms with Gasteiger partial charge >= 0.3 is 0 Å². The minimum atomic E-state index is -0.296. The molecule has 1 N–H and O–H groups in total. The number of aliphatic imine (C=N–C) groups is 1. The molecule has 1 aliphatic heterocycles. The number of ether oxygens (including phenoxy) is 2. The molecule has 0 fully saturated rings. The molecule has 1 heterocycles. The van der Waals surface area contributed by atoms with Gasteiger partial charge in [-0.05, 0) is 35.9 Å². The van der Waals surface area contributed by atoms with Crippen molar-refractivity contribution in [3.63, 3.8) is 0 Å². The van der Waals surface area contributed by atoms with Crippen molar-refractivity contribution in [2.45, 2.75) is 0 Å². The van der Waals surface area contributed by atoms with E-state index in [4.69, 9.17) is 15.9 Å². The van der Waals surface area contributed by atoms with Crippen molar-refractivity contribution in [3.05, 3.63) is 59.8 Å². The van der Waals surface area contributed by atoms with Crippen molar-refractivity contribution >= 4 is 40.5 Å². The molecule has 0 radical (unpaired) electrons. The second-order valence-corrected chi connectivity index (χ2v) is 7.25. The van der Waals surface area contributed by atoms with Crippen molar-refractivity contribution in [1.82, 2.24) is 5.32 Å². The van der Waals surface area contributed by atoms with Gasteiger partial charge in [0.05, 0.1) is 32.2 Å². The minimum Gasteiger partial charge on any atom is -0.497 e. The number of nitrogens with zero attached hydrogens (tertiary/aromatic N) is 2. The lowest BCUT2D eigenvalue weighted by molar-refractivity contribution is -0.118. The third-order valence-corrected chi connectivity index (χ3v) is 5.22. The van der Waals surface area contributed by atoms with Crippen molar-refractivity contribution in [2.75, 3.05) is 31.4 Å². The van der Waals surface area contributed by atoms with E-state index in [2.05, 4.69) is 16.2 Å². The molecule has 2 aromatic carbocycles. The van der Waals surface area contributed by atoms with E-state index in [1.807, 2.05) is 12.1 Å². The van der Waals surface area contributed by atoms with E-state index in [9.17, 15) is 9.59 Å². The molecule has 31 heavy (non-hydrogen) atoms. The van der Waals surface area contributed by atoms with Crippen LogP contribution in [0, 0.1) is 12.3 Å². The molecule has 0 bridgehead atoms. The van der Waals surface area contributed by atoms with E-state index in [0.29, 0.717) is 16.6 Å². The highest BCUT2D eigenvalue weighted by Gasteiger charge is 2.32. The molecule has 158 valence electrons. The van der Waals surface area contributed by atoms with Gasteiger partial charge in [0.1, 0.15) is 17.2 Å². The molecule has 0 saturated heterocycles. The Labute approximate surface area is 185 Å². The molecule has 0 unspecified atom stereocenters. The molecule has 3 rings (SSSR count). The number of amidine groups is 1. The Morgan fingerprint density at radius 2 is 1.94 bits per heavy atom. The highest BCUT2D eigenvalue weighted by atomic mass is 32.2. The van der Waals surface area contributed by atoms with Gasteiger partial charge in [-0.3, -0.25) is 14.5 Å². The van der Waals surface area contributed by atoms with Gasteiger partial charge in [-0.15, -0.1) is 6.42 Å². The van der Waals surface area contributed by atoms with E-state index in [0.717, 1.165) is 23.1 Å². The predicted molar refractivity (Wildman–Crippen MR) is 123 cm³/mol. The van der Waals surface area contributed by atoms with Gasteiger partial charge in [0.2, 0.25) is 5.91 Å². The largest absolute Gasteiger partial charge is 0.497 e. The highest BCUT2D eigenvalue weighted by molar-refractivity contribution is 8.14. The predicted octanol–water partition coefficient (Wildman–Crippen LogP) is 2.93. The van der Waals surface area contributed by atoms with Crippen molar-refractivity contribution in [1.29, 1.82) is 0 Å². The van der Waals surface area contributed by atoms with Crippen molar-refractivity contribution in [3.8, 4) is 23.8 Å². The standard InChI is InChI=1S/C23H21N3O4S/c1-4-12-24-21(27)15-31-23-25-20(13-16-8-10-18(29-2)11-9-16)22(28)26(23)17-6-5-7-19(14-17)30-3/h1,5-11,13-14H,12,15H2,2-3H3,(H,24,27)/b20-13-. The molecule has 0 saturated carbocycles. The monoisotopic (exact) mass is 435 g/mol. The number of nitrogens with one attached hydrogen (secondary N) is 1. The lowest BCUT2D eigenvalue weighted by atomic mass is 10.2. The first-order valence-electron chi connectivity index (χ1n) is 9.31. The molecule has 1 aliphatic rings. The Kier molecular flexibility index (Phi) is 7.35. The lowest BCUT2D eigenvalue weighted by Gasteiger charge is -2.18. The van der Waals surface area contributed by atoms with Gasteiger partial charge in [0.25, 0.3) is 5.91 Å². The van der Waals surface area contributed by atoms with Crippen LogP contribution < -0.4 is 19.7 Å². The SMILES string of the molecule is C#CCNC(=O)CSC1=N/C(=C\c2ccc(OC)cc2)C(=O)N1c1cccc(OC)c1. The molecule has 2 amide bonds. The number of anilines is 1. The van der Waals surface area contributed by atoms with Crippen LogP contribution in [0.5, 0.6) is 11.5 Å². The number of methoxy groups -OCH3 is 2. The van der Waals surface area contributed by atoms with Crippen molar-refractivity contribution < 1.29 is 19.1 Å². The van der Waals surface area contributed by atoms with E-state index in [1.165, 1.54) is 4.90 Å². The number of rotatable bonds is 7. The van der Waals surface area contributed by atoms with Crippen LogP contribution in [-0.2, 0) is 9.59 Å². The Morgan fingerprint density at radius 1 is 1.19 bits per heavy atom. The quantitative estimate of drug-likeness (QED) is 0.534. The molecule has 2 aromatic rings. The number of amides is 2. The third kappa shape index (κ3) is 5.47. The van der Waals surface area contributed by atoms with Crippen LogP contribution in [0.1, 0.15) is 5.56 Å². The average Bonchev–Trinajstić information content (AvgIpc) is 3.11. The Hall–Kier alpha value is -3.70. The summed E-state index contributed by atoms with van der Waals surface area (Å²) in [7, 11) is 3.15. The summed E-state index contributed by atoms with van der Waals surface area (Å²) in [5.74, 6) is 3.22. The summed E-state index contributed by atoms with van der Waals surface area (Å²) < 4.78 is 10.4. The number of carbonyl (C=O) groups excluding carboxylic acids is 2. The molecule has 7 nitrogen and oxygen atoms in total. The van der Waals surface area contributed by atoms with Gasteiger partial charge in [-0.1, -0.05) is 35.9 Å². The summed E-state index contributed by atoms with van der Waals surface area (Å²) in [6.07, 6.45) is 6.87. The van der Waals surface area contributed by atoms with E-state index < -0.39 is 0 Å². The second-order valence-electron chi connectivity index (χ2n) is 6.31. The van der Waals surface area contributed by atoms with E-state index in [-0.39, 0.29) is 29.8 Å². The van der Waals surface area contributed by atoms with Crippen LogP contribution in [0.2, 0.25) is 0 Å². The number of hydrogen-bond donors (Lipinski definition) is 1. The van der Waals surface area contributed by atoms with Crippen LogP contribution in [0.15, 0.2) is 59.2 Å². The second kappa shape index (κ2) is 10.4. The Bertz CT molecular complexity index is 1070. The summed E-state index contributed by atoms with van der Waals surface area (Å²) in [5.41, 5.74) is 1.66. The Balaban J connectivity index is 1.90. The van der Waals surface area contributed by atoms with Gasteiger partial charge in [0, 0.05) is 6.07 Å². The normalized spacial score (nSPS) is 14.2. The Morgan fingerprint density at radius 3 is 2.61 bits per heavy atom. The first-order chi connectivity index (χ1) is 15.0. The maximum Gasteiger partial charge on any atom is 0.283 e. The zero-order valence-corrected chi connectivity index (χ0v) is 17.9. The first-order valence-corrected chi connectivity index (χ1v) is 10.3. The minimum absolute atomic E-state index is 0.0735. The van der Waals surface area contributed by atoms with Crippen molar-refractivity contribution in [2.24, 2.45) is 4.99 Å². The first kappa shape index (κ1) is 22.0. The van der Waals surface area contributed by atoms with Crippen LogP contribution in [0.25, 0.3) is 6.08 Å². The van der Waals surface area contributed by atoms with Gasteiger partial charge < -0.3 is 14.8 Å². The van der Waals surface area contributed by atoms with Crippen LogP contribution >= 0.6 is 11.8 Å². The number of hydrogen-bond acceptors (Lipinski definition) is 6. The summed E-state index contributed by atoms with van der Waals surface area (Å²) >= 11 is 1.16. The van der Waals surface area contributed by atoms with Gasteiger partial charge in [0.15, 0.2) is 5.17 Å². The third-order valence-electron chi connectivity index (χ3n) is 4.28. The molecule has 0 aliphatic carbocycles. The fraction of sp³-hybridized carbons (Fsp3) is 0.174. The number of benzene rings is 2. The number of carbonyl (C=O) groups is 2. The van der Waals surface area contributed by atoms with Crippen LogP contribution in [-0.4, -0.2) is 43.5 Å². The maximum absolute atomic E-state index is 13.2. The fourth-order valence-corrected chi connectivity index (χ4v) is 3.60. The lowest BCUT2D eigenvalue weighted by Crippen LogP contribution is -2.32. The zero-order chi connectivity index (χ0) is 22.2. The highest BCUT2D eigenvalue weighted by Crippen LogP contribution is 2.31. The average molecular weight is 436 g/mol. The zero-order valence-electron chi connectivity index (χ0n) is 17.1. The summed E-state index contributed by atoms with van der Waals surface area (Å²) in [6.45, 7) is 0.146. The molecule has 8 heteroatoms. The molecule has 0 spiro atoms. The maximum atomic E-state index is 13.2. The summed E-state index contributed by atoms with van der Waals surface area (Å²) in [4.78, 5) is 31.1. The smallest absolute Gasteiger partial charge is 0.283 e. The van der Waals surface area contributed by atoms with Gasteiger partial charge in [-0.25, -0.2) is 4.99 Å². The fourth-order valence-electron chi connectivity index (χ4n) is 2.76. The van der Waals surface area contributed by atoms with Crippen LogP contribution in [0.3, 0.4) is 0 Å². The number of thioether (sulfide) groups is 1. The molecular weight excluding hydrogens is 414 g/mol. The topological polar surface area (TPSA) is 80.2 Å². The summed E-state index contributed by atoms with van der Waals surface area (Å²) in [5, 5.41) is 3.00. The van der Waals surface area contributed by atoms with E-state index >= 15 is 0 Å². The van der Waals surface area contributed by atoms with Gasteiger partial charge in [-0.2, -0.15) is 0 Å². The molecule has 0 atom stereocenters. The molecule has 0 aromatic heterocycles.